The number of aliphatic hydroxyl groups excluding tert-OH is 1. The number of ether oxygens (including phenoxy) is 2. The van der Waals surface area contributed by atoms with Crippen LogP contribution in [0.1, 0.15) is 31.9 Å². The summed E-state index contributed by atoms with van der Waals surface area (Å²) in [6.45, 7) is 7.38. The van der Waals surface area contributed by atoms with Crippen LogP contribution in [0.3, 0.4) is 0 Å². The Hall–Kier alpha value is -1.16. The predicted molar refractivity (Wildman–Crippen MR) is 70.0 cm³/mol. The lowest BCUT2D eigenvalue weighted by Crippen LogP contribution is -2.31. The van der Waals surface area contributed by atoms with Crippen LogP contribution >= 0.6 is 0 Å². The highest BCUT2D eigenvalue weighted by Gasteiger charge is 2.44. The molecule has 0 radical (unpaired) electrons. The number of rotatable bonds is 4. The van der Waals surface area contributed by atoms with Crippen LogP contribution in [-0.4, -0.2) is 23.1 Å². The molecule has 1 heterocycles. The lowest BCUT2D eigenvalue weighted by molar-refractivity contribution is -0.155. The van der Waals surface area contributed by atoms with Gasteiger partial charge in [0.25, 0.3) is 0 Å². The second-order valence-electron chi connectivity index (χ2n) is 5.02. The molecule has 18 heavy (non-hydrogen) atoms. The fourth-order valence-electron chi connectivity index (χ4n) is 2.28. The third-order valence-corrected chi connectivity index (χ3v) is 3.04. The van der Waals surface area contributed by atoms with E-state index in [1.807, 2.05) is 44.2 Å². The van der Waals surface area contributed by atoms with Crippen molar-refractivity contribution in [2.75, 3.05) is 0 Å². The van der Waals surface area contributed by atoms with Crippen molar-refractivity contribution in [1.29, 1.82) is 0 Å². The molecule has 1 fully saturated rings. The summed E-state index contributed by atoms with van der Waals surface area (Å²) in [7, 11) is 0. The monoisotopic (exact) mass is 248 g/mol. The van der Waals surface area contributed by atoms with Gasteiger partial charge in [-0.3, -0.25) is 0 Å². The Labute approximate surface area is 108 Å². The van der Waals surface area contributed by atoms with Crippen LogP contribution < -0.4 is 0 Å². The minimum atomic E-state index is -0.673. The first-order valence-corrected chi connectivity index (χ1v) is 6.23. The molecule has 3 atom stereocenters. The highest BCUT2D eigenvalue weighted by molar-refractivity contribution is 5.20. The number of benzene rings is 1. The van der Waals surface area contributed by atoms with E-state index < -0.39 is 11.9 Å². The van der Waals surface area contributed by atoms with Crippen molar-refractivity contribution in [1.82, 2.24) is 0 Å². The molecule has 0 bridgehead atoms. The highest BCUT2D eigenvalue weighted by atomic mass is 16.8. The Morgan fingerprint density at radius 3 is 2.61 bits per heavy atom. The van der Waals surface area contributed by atoms with Gasteiger partial charge in [0, 0.05) is 0 Å². The second kappa shape index (κ2) is 5.22. The topological polar surface area (TPSA) is 38.7 Å². The zero-order valence-electron chi connectivity index (χ0n) is 10.9. The van der Waals surface area contributed by atoms with E-state index in [1.54, 1.807) is 6.08 Å². The molecule has 1 N–H and O–H groups in total. The summed E-state index contributed by atoms with van der Waals surface area (Å²) < 4.78 is 11.7. The van der Waals surface area contributed by atoms with Gasteiger partial charge in [-0.05, 0) is 25.8 Å². The summed E-state index contributed by atoms with van der Waals surface area (Å²) in [5.41, 5.74) is 1.02. The van der Waals surface area contributed by atoms with E-state index in [0.29, 0.717) is 6.42 Å². The Morgan fingerprint density at radius 2 is 2.00 bits per heavy atom. The van der Waals surface area contributed by atoms with Crippen LogP contribution in [0.15, 0.2) is 43.0 Å². The van der Waals surface area contributed by atoms with E-state index >= 15 is 0 Å². The van der Waals surface area contributed by atoms with E-state index in [0.717, 1.165) is 5.56 Å². The van der Waals surface area contributed by atoms with Gasteiger partial charge in [-0.1, -0.05) is 36.4 Å². The van der Waals surface area contributed by atoms with Crippen LogP contribution in [0.25, 0.3) is 0 Å². The molecule has 1 saturated heterocycles. The van der Waals surface area contributed by atoms with Gasteiger partial charge in [0.05, 0.1) is 6.10 Å². The molecule has 0 amide bonds. The molecule has 98 valence electrons. The van der Waals surface area contributed by atoms with Gasteiger partial charge in [-0.2, -0.15) is 0 Å². The minimum absolute atomic E-state index is 0.240. The van der Waals surface area contributed by atoms with Crippen molar-refractivity contribution < 1.29 is 14.6 Å². The standard InChI is InChI=1S/C15H20O3/c1-4-8-12(16)14-13(17-15(2,3)18-14)11-9-6-5-7-10-11/h4-7,9-10,12-14,16H,1,8H2,2-3H3/t12-,13-,14+/m1/s1. The predicted octanol–water partition coefficient (Wildman–Crippen LogP) is 2.82. The quantitative estimate of drug-likeness (QED) is 0.833. The Bertz CT molecular complexity index is 399. The molecule has 3 nitrogen and oxygen atoms in total. The molecule has 0 aromatic heterocycles. The maximum atomic E-state index is 10.1. The molecular formula is C15H20O3. The van der Waals surface area contributed by atoms with Gasteiger partial charge in [0.15, 0.2) is 5.79 Å². The van der Waals surface area contributed by atoms with Gasteiger partial charge in [0.2, 0.25) is 0 Å². The largest absolute Gasteiger partial charge is 0.390 e. The molecule has 1 aliphatic rings. The van der Waals surface area contributed by atoms with Crippen molar-refractivity contribution in [3.8, 4) is 0 Å². The molecule has 0 spiro atoms. The van der Waals surface area contributed by atoms with Crippen molar-refractivity contribution >= 4 is 0 Å². The average molecular weight is 248 g/mol. The minimum Gasteiger partial charge on any atom is -0.390 e. The summed E-state index contributed by atoms with van der Waals surface area (Å²) in [6, 6.07) is 9.85. The van der Waals surface area contributed by atoms with E-state index in [2.05, 4.69) is 6.58 Å². The molecular weight excluding hydrogens is 228 g/mol. The molecule has 0 aliphatic carbocycles. The molecule has 1 aromatic carbocycles. The first kappa shape index (κ1) is 13.3. The number of hydrogen-bond donors (Lipinski definition) is 1. The third-order valence-electron chi connectivity index (χ3n) is 3.04. The van der Waals surface area contributed by atoms with Gasteiger partial charge >= 0.3 is 0 Å². The van der Waals surface area contributed by atoms with E-state index in [-0.39, 0.29) is 12.2 Å². The van der Waals surface area contributed by atoms with Gasteiger partial charge in [-0.15, -0.1) is 6.58 Å². The second-order valence-corrected chi connectivity index (χ2v) is 5.02. The smallest absolute Gasteiger partial charge is 0.164 e. The maximum absolute atomic E-state index is 10.1. The molecule has 3 heteroatoms. The zero-order valence-corrected chi connectivity index (χ0v) is 10.9. The van der Waals surface area contributed by atoms with Crippen LogP contribution in [0.5, 0.6) is 0 Å². The van der Waals surface area contributed by atoms with Crippen LogP contribution in [0.2, 0.25) is 0 Å². The summed E-state index contributed by atoms with van der Waals surface area (Å²) in [5.74, 6) is -0.673. The summed E-state index contributed by atoms with van der Waals surface area (Å²) in [4.78, 5) is 0. The Balaban J connectivity index is 2.23. The fourth-order valence-corrected chi connectivity index (χ4v) is 2.28. The van der Waals surface area contributed by atoms with Gasteiger partial charge in [-0.25, -0.2) is 0 Å². The fraction of sp³-hybridized carbons (Fsp3) is 0.467. The van der Waals surface area contributed by atoms with Gasteiger partial charge in [0.1, 0.15) is 12.2 Å². The van der Waals surface area contributed by atoms with E-state index in [9.17, 15) is 5.11 Å². The van der Waals surface area contributed by atoms with Crippen molar-refractivity contribution in [3.63, 3.8) is 0 Å². The molecule has 1 aromatic rings. The number of hydrogen-bond acceptors (Lipinski definition) is 3. The first-order chi connectivity index (χ1) is 8.53. The summed E-state index contributed by atoms with van der Waals surface area (Å²) in [5, 5.41) is 10.1. The van der Waals surface area contributed by atoms with Crippen molar-refractivity contribution in [2.45, 2.75) is 44.4 Å². The molecule has 2 rings (SSSR count). The highest BCUT2D eigenvalue weighted by Crippen LogP contribution is 2.40. The normalized spacial score (nSPS) is 27.9. The molecule has 0 saturated carbocycles. The van der Waals surface area contributed by atoms with Crippen molar-refractivity contribution in [3.05, 3.63) is 48.6 Å². The van der Waals surface area contributed by atoms with Crippen molar-refractivity contribution in [2.24, 2.45) is 0 Å². The lowest BCUT2D eigenvalue weighted by atomic mass is 9.99. The number of aliphatic hydroxyl groups is 1. The average Bonchev–Trinajstić information content (AvgIpc) is 2.67. The lowest BCUT2D eigenvalue weighted by Gasteiger charge is -2.21. The Kier molecular flexibility index (Phi) is 3.85. The van der Waals surface area contributed by atoms with Crippen LogP contribution in [0.4, 0.5) is 0 Å². The third kappa shape index (κ3) is 2.80. The SMILES string of the molecule is C=CC[C@@H](O)[C@@H]1OC(C)(C)O[C@@H]1c1ccccc1. The first-order valence-electron chi connectivity index (χ1n) is 6.23. The zero-order chi connectivity index (χ0) is 13.2. The van der Waals surface area contributed by atoms with Crippen LogP contribution in [-0.2, 0) is 9.47 Å². The summed E-state index contributed by atoms with van der Waals surface area (Å²) >= 11 is 0. The Morgan fingerprint density at radius 1 is 1.33 bits per heavy atom. The summed E-state index contributed by atoms with van der Waals surface area (Å²) in [6.07, 6.45) is 0.987. The van der Waals surface area contributed by atoms with Crippen LogP contribution in [0, 0.1) is 0 Å². The van der Waals surface area contributed by atoms with Gasteiger partial charge < -0.3 is 14.6 Å². The van der Waals surface area contributed by atoms with E-state index in [1.165, 1.54) is 0 Å². The van der Waals surface area contributed by atoms with E-state index in [4.69, 9.17) is 9.47 Å². The molecule has 0 unspecified atom stereocenters. The maximum Gasteiger partial charge on any atom is 0.164 e. The molecule has 1 aliphatic heterocycles.